The lowest BCUT2D eigenvalue weighted by Crippen LogP contribution is -2.44. The maximum absolute atomic E-state index is 12.6. The molecule has 1 atom stereocenters. The predicted molar refractivity (Wildman–Crippen MR) is 84.6 cm³/mol. The zero-order valence-electron chi connectivity index (χ0n) is 13.8. The molecule has 3 amide bonds. The van der Waals surface area contributed by atoms with Gasteiger partial charge in [0.2, 0.25) is 0 Å². The summed E-state index contributed by atoms with van der Waals surface area (Å²) in [5, 5.41) is 2.95. The zero-order chi connectivity index (χ0) is 15.7. The third kappa shape index (κ3) is 2.74. The van der Waals surface area contributed by atoms with Gasteiger partial charge >= 0.3 is 6.03 Å². The number of imide groups is 1. The fraction of sp³-hybridized carbons (Fsp3) is 0.875. The van der Waals surface area contributed by atoms with E-state index in [9.17, 15) is 9.59 Å². The maximum Gasteiger partial charge on any atom is 0.325 e. The van der Waals surface area contributed by atoms with E-state index in [0.717, 1.165) is 51.9 Å². The van der Waals surface area contributed by atoms with Crippen molar-refractivity contribution in [1.82, 2.24) is 20.0 Å². The topological polar surface area (TPSA) is 55.9 Å². The number of nitrogens with one attached hydrogen (secondary N) is 1. The largest absolute Gasteiger partial charge is 0.325 e. The van der Waals surface area contributed by atoms with Gasteiger partial charge in [0.1, 0.15) is 5.54 Å². The van der Waals surface area contributed by atoms with Crippen LogP contribution in [0, 0.1) is 0 Å². The Labute approximate surface area is 132 Å². The summed E-state index contributed by atoms with van der Waals surface area (Å²) in [4.78, 5) is 30.9. The van der Waals surface area contributed by atoms with Crippen LogP contribution in [-0.4, -0.2) is 78.0 Å². The van der Waals surface area contributed by atoms with Crippen LogP contribution in [0.5, 0.6) is 0 Å². The first kappa shape index (κ1) is 15.7. The van der Waals surface area contributed by atoms with E-state index in [4.69, 9.17) is 0 Å². The Morgan fingerprint density at radius 2 is 2.00 bits per heavy atom. The molecule has 22 heavy (non-hydrogen) atoms. The van der Waals surface area contributed by atoms with E-state index in [1.807, 2.05) is 0 Å². The van der Waals surface area contributed by atoms with Crippen LogP contribution >= 0.6 is 0 Å². The summed E-state index contributed by atoms with van der Waals surface area (Å²) in [6, 6.07) is 0.419. The summed E-state index contributed by atoms with van der Waals surface area (Å²) in [5.41, 5.74) is -0.562. The molecule has 0 aromatic rings. The average molecular weight is 308 g/mol. The third-order valence-electron chi connectivity index (χ3n) is 5.71. The lowest BCUT2D eigenvalue weighted by Gasteiger charge is -2.24. The second-order valence-electron chi connectivity index (χ2n) is 6.99. The van der Waals surface area contributed by atoms with Gasteiger partial charge in [-0.05, 0) is 39.4 Å². The van der Waals surface area contributed by atoms with Crippen LogP contribution in [0.1, 0.15) is 39.0 Å². The van der Waals surface area contributed by atoms with Crippen molar-refractivity contribution in [1.29, 1.82) is 0 Å². The predicted octanol–water partition coefficient (Wildman–Crippen LogP) is 0.877. The molecule has 124 valence electrons. The van der Waals surface area contributed by atoms with Gasteiger partial charge < -0.3 is 10.2 Å². The van der Waals surface area contributed by atoms with E-state index < -0.39 is 5.54 Å². The maximum atomic E-state index is 12.6. The number of hydrogen-bond donors (Lipinski definition) is 1. The molecule has 1 saturated carbocycles. The first-order valence-corrected chi connectivity index (χ1v) is 8.62. The van der Waals surface area contributed by atoms with Gasteiger partial charge in [0, 0.05) is 25.7 Å². The van der Waals surface area contributed by atoms with Gasteiger partial charge in [0.15, 0.2) is 0 Å². The van der Waals surface area contributed by atoms with Crippen molar-refractivity contribution in [3.05, 3.63) is 0 Å². The molecule has 1 spiro atoms. The van der Waals surface area contributed by atoms with Crippen LogP contribution < -0.4 is 5.32 Å². The Kier molecular flexibility index (Phi) is 4.41. The zero-order valence-corrected chi connectivity index (χ0v) is 13.8. The van der Waals surface area contributed by atoms with Crippen LogP contribution in [0.15, 0.2) is 0 Å². The number of amides is 3. The Hall–Kier alpha value is -1.14. The minimum Gasteiger partial charge on any atom is -0.323 e. The van der Waals surface area contributed by atoms with E-state index in [0.29, 0.717) is 12.6 Å². The fourth-order valence-corrected chi connectivity index (χ4v) is 4.07. The van der Waals surface area contributed by atoms with Gasteiger partial charge in [-0.15, -0.1) is 0 Å². The molecule has 3 fully saturated rings. The molecule has 2 saturated heterocycles. The molecule has 2 heterocycles. The highest BCUT2D eigenvalue weighted by atomic mass is 16.2. The first-order valence-electron chi connectivity index (χ1n) is 8.62. The van der Waals surface area contributed by atoms with Crippen molar-refractivity contribution in [3.8, 4) is 0 Å². The number of carbonyl (C=O) groups is 2. The highest BCUT2D eigenvalue weighted by molar-refractivity contribution is 6.07. The fourth-order valence-electron chi connectivity index (χ4n) is 4.07. The number of rotatable bonds is 5. The molecule has 0 radical (unpaired) electrons. The minimum atomic E-state index is -0.562. The lowest BCUT2D eigenvalue weighted by atomic mass is 9.98. The third-order valence-corrected chi connectivity index (χ3v) is 5.71. The molecule has 1 aliphatic carbocycles. The number of urea groups is 1. The molecule has 6 heteroatoms. The van der Waals surface area contributed by atoms with Crippen molar-refractivity contribution in [2.75, 3.05) is 39.8 Å². The summed E-state index contributed by atoms with van der Waals surface area (Å²) in [5.74, 6) is 0.0106. The molecule has 6 nitrogen and oxygen atoms in total. The molecule has 1 unspecified atom stereocenters. The molecule has 0 bridgehead atoms. The number of likely N-dealkylation sites (tertiary alicyclic amines) is 1. The Morgan fingerprint density at radius 1 is 1.27 bits per heavy atom. The van der Waals surface area contributed by atoms with Crippen molar-refractivity contribution in [3.63, 3.8) is 0 Å². The molecular weight excluding hydrogens is 280 g/mol. The summed E-state index contributed by atoms with van der Waals surface area (Å²) < 4.78 is 0. The van der Waals surface area contributed by atoms with Gasteiger partial charge in [-0.25, -0.2) is 4.79 Å². The molecule has 0 aromatic heterocycles. The molecule has 3 rings (SSSR count). The summed E-state index contributed by atoms with van der Waals surface area (Å²) in [6.07, 6.45) is 4.87. The molecule has 2 aliphatic heterocycles. The minimum absolute atomic E-state index is 0.0106. The SMILES string of the molecule is CCN(C)C1CCN(CCN2C(=O)NC3(CCCC3)C2=O)C1. The number of likely N-dealkylation sites (N-methyl/N-ethyl adjacent to an activating group) is 1. The van der Waals surface area contributed by atoms with E-state index in [-0.39, 0.29) is 11.9 Å². The van der Waals surface area contributed by atoms with E-state index >= 15 is 0 Å². The molecular formula is C16H28N4O2. The Balaban J connectivity index is 1.52. The van der Waals surface area contributed by atoms with Crippen molar-refractivity contribution in [2.24, 2.45) is 0 Å². The standard InChI is InChI=1S/C16H28N4O2/c1-3-18(2)13-6-9-19(12-13)10-11-20-14(21)16(17-15(20)22)7-4-5-8-16/h13H,3-12H2,1-2H3,(H,17,22). The van der Waals surface area contributed by atoms with Crippen molar-refractivity contribution >= 4 is 11.9 Å². The van der Waals surface area contributed by atoms with Crippen LogP contribution in [0.25, 0.3) is 0 Å². The molecule has 3 aliphatic rings. The van der Waals surface area contributed by atoms with Crippen LogP contribution in [0.3, 0.4) is 0 Å². The molecule has 1 N–H and O–H groups in total. The van der Waals surface area contributed by atoms with Crippen LogP contribution in [0.2, 0.25) is 0 Å². The second-order valence-corrected chi connectivity index (χ2v) is 6.99. The number of carbonyl (C=O) groups excluding carboxylic acids is 2. The molecule has 0 aromatic carbocycles. The van der Waals surface area contributed by atoms with E-state index in [1.54, 1.807) is 0 Å². The van der Waals surface area contributed by atoms with Crippen molar-refractivity contribution < 1.29 is 9.59 Å². The summed E-state index contributed by atoms with van der Waals surface area (Å²) in [6.45, 7) is 6.66. The quantitative estimate of drug-likeness (QED) is 0.766. The van der Waals surface area contributed by atoms with Gasteiger partial charge in [0.25, 0.3) is 5.91 Å². The normalized spacial score (nSPS) is 28.3. The summed E-state index contributed by atoms with van der Waals surface area (Å²) in [7, 11) is 2.16. The van der Waals surface area contributed by atoms with Crippen LogP contribution in [0.4, 0.5) is 4.79 Å². The first-order chi connectivity index (χ1) is 10.6. The van der Waals surface area contributed by atoms with E-state index in [2.05, 4.69) is 29.1 Å². The Bertz CT molecular complexity index is 447. The smallest absolute Gasteiger partial charge is 0.323 e. The number of nitrogens with zero attached hydrogens (tertiary/aromatic N) is 3. The van der Waals surface area contributed by atoms with Gasteiger partial charge in [-0.1, -0.05) is 19.8 Å². The van der Waals surface area contributed by atoms with Crippen LogP contribution in [-0.2, 0) is 4.79 Å². The number of hydrogen-bond acceptors (Lipinski definition) is 4. The monoisotopic (exact) mass is 308 g/mol. The highest BCUT2D eigenvalue weighted by Crippen LogP contribution is 2.34. The summed E-state index contributed by atoms with van der Waals surface area (Å²) >= 11 is 0. The van der Waals surface area contributed by atoms with Gasteiger partial charge in [-0.3, -0.25) is 14.6 Å². The Morgan fingerprint density at radius 3 is 2.68 bits per heavy atom. The van der Waals surface area contributed by atoms with Crippen molar-refractivity contribution in [2.45, 2.75) is 50.6 Å². The van der Waals surface area contributed by atoms with E-state index in [1.165, 1.54) is 11.3 Å². The highest BCUT2D eigenvalue weighted by Gasteiger charge is 2.52. The second kappa shape index (κ2) is 6.16. The average Bonchev–Trinajstić information content (AvgIpc) is 3.20. The van der Waals surface area contributed by atoms with Gasteiger partial charge in [0.05, 0.1) is 0 Å². The van der Waals surface area contributed by atoms with Gasteiger partial charge in [-0.2, -0.15) is 0 Å². The lowest BCUT2D eigenvalue weighted by molar-refractivity contribution is -0.131.